The van der Waals surface area contributed by atoms with Gasteiger partial charge in [0.15, 0.2) is 0 Å². The van der Waals surface area contributed by atoms with Gasteiger partial charge in [0, 0.05) is 11.6 Å². The van der Waals surface area contributed by atoms with Crippen LogP contribution in [0.3, 0.4) is 0 Å². The predicted octanol–water partition coefficient (Wildman–Crippen LogP) is 6.72. The maximum Gasteiger partial charge on any atom is 0.347 e. The third-order valence-corrected chi connectivity index (χ3v) is 5.24. The molecule has 0 radical (unpaired) electrons. The molecule has 2 N–H and O–H groups in total. The van der Waals surface area contributed by atoms with Gasteiger partial charge in [-0.15, -0.1) is 0 Å². The van der Waals surface area contributed by atoms with Gasteiger partial charge in [0.05, 0.1) is 6.61 Å². The molecule has 5 nitrogen and oxygen atoms in total. The molecular formula is C27H30O5. The lowest BCUT2D eigenvalue weighted by molar-refractivity contribution is 0.0731. The number of carbonyl (C=O) groups is 1. The second-order valence-corrected chi connectivity index (χ2v) is 7.73. The van der Waals surface area contributed by atoms with Crippen LogP contribution in [-0.2, 0) is 0 Å². The highest BCUT2D eigenvalue weighted by Crippen LogP contribution is 2.33. The number of para-hydroxylation sites is 1. The Morgan fingerprint density at radius 2 is 1.47 bits per heavy atom. The minimum atomic E-state index is -0.634. The topological polar surface area (TPSA) is 76.0 Å². The lowest BCUT2D eigenvalue weighted by atomic mass is 10.0. The molecule has 0 aliphatic carbocycles. The lowest BCUT2D eigenvalue weighted by Gasteiger charge is -2.10. The number of esters is 1. The van der Waals surface area contributed by atoms with Gasteiger partial charge in [-0.1, -0.05) is 63.3 Å². The number of unbranched alkanes of at least 4 members (excludes halogenated alkanes) is 5. The van der Waals surface area contributed by atoms with E-state index in [1.807, 2.05) is 12.1 Å². The summed E-state index contributed by atoms with van der Waals surface area (Å²) in [5.74, 6) is 0.362. The molecule has 0 saturated carbocycles. The molecule has 0 aliphatic rings. The first-order valence-electron chi connectivity index (χ1n) is 11.1. The summed E-state index contributed by atoms with van der Waals surface area (Å²) < 4.78 is 11.1. The van der Waals surface area contributed by atoms with Gasteiger partial charge in [-0.3, -0.25) is 0 Å². The monoisotopic (exact) mass is 434 g/mol. The third kappa shape index (κ3) is 6.51. The molecule has 0 atom stereocenters. The smallest absolute Gasteiger partial charge is 0.347 e. The number of phenols is 2. The second kappa shape index (κ2) is 11.8. The predicted molar refractivity (Wildman–Crippen MR) is 125 cm³/mol. The maximum absolute atomic E-state index is 12.2. The number of benzene rings is 3. The highest BCUT2D eigenvalue weighted by atomic mass is 16.5. The van der Waals surface area contributed by atoms with E-state index < -0.39 is 5.97 Å². The van der Waals surface area contributed by atoms with Crippen molar-refractivity contribution in [2.45, 2.75) is 45.4 Å². The average Bonchev–Trinajstić information content (AvgIpc) is 2.79. The van der Waals surface area contributed by atoms with Crippen molar-refractivity contribution < 1.29 is 24.5 Å². The van der Waals surface area contributed by atoms with Crippen molar-refractivity contribution in [3.63, 3.8) is 0 Å². The number of rotatable bonds is 11. The molecule has 3 aromatic rings. The summed E-state index contributed by atoms with van der Waals surface area (Å²) in [6.45, 7) is 2.85. The highest BCUT2D eigenvalue weighted by Gasteiger charge is 2.13. The van der Waals surface area contributed by atoms with E-state index in [0.717, 1.165) is 18.4 Å². The lowest BCUT2D eigenvalue weighted by Crippen LogP contribution is -2.08. The summed E-state index contributed by atoms with van der Waals surface area (Å²) in [6.07, 6.45) is 7.21. The van der Waals surface area contributed by atoms with E-state index >= 15 is 0 Å². The van der Waals surface area contributed by atoms with Gasteiger partial charge in [0.25, 0.3) is 0 Å². The Hall–Kier alpha value is -3.47. The summed E-state index contributed by atoms with van der Waals surface area (Å²) in [6, 6.07) is 18.3. The number of aromatic hydroxyl groups is 2. The Morgan fingerprint density at radius 3 is 2.19 bits per heavy atom. The molecule has 0 aromatic heterocycles. The van der Waals surface area contributed by atoms with Crippen LogP contribution in [0.2, 0.25) is 0 Å². The molecular weight excluding hydrogens is 404 g/mol. The molecule has 0 aliphatic heterocycles. The molecule has 0 bridgehead atoms. The zero-order valence-electron chi connectivity index (χ0n) is 18.4. The zero-order valence-corrected chi connectivity index (χ0v) is 18.4. The van der Waals surface area contributed by atoms with Crippen LogP contribution >= 0.6 is 0 Å². The van der Waals surface area contributed by atoms with Crippen molar-refractivity contribution in [2.75, 3.05) is 6.61 Å². The van der Waals surface area contributed by atoms with Gasteiger partial charge in [0.1, 0.15) is 28.6 Å². The van der Waals surface area contributed by atoms with Gasteiger partial charge in [-0.2, -0.15) is 0 Å². The Labute approximate surface area is 189 Å². The highest BCUT2D eigenvalue weighted by molar-refractivity contribution is 5.93. The number of phenolic OH excluding ortho intramolecular Hbond substituents is 2. The second-order valence-electron chi connectivity index (χ2n) is 7.73. The molecule has 0 fully saturated rings. The van der Waals surface area contributed by atoms with Gasteiger partial charge in [-0.25, -0.2) is 4.79 Å². The van der Waals surface area contributed by atoms with Gasteiger partial charge in [0.2, 0.25) is 0 Å². The van der Waals surface area contributed by atoms with E-state index in [4.69, 9.17) is 9.47 Å². The van der Waals surface area contributed by atoms with E-state index in [2.05, 4.69) is 6.92 Å². The summed E-state index contributed by atoms with van der Waals surface area (Å²) in [4.78, 5) is 12.2. The summed E-state index contributed by atoms with van der Waals surface area (Å²) in [5.41, 5.74) is 1.55. The van der Waals surface area contributed by atoms with Gasteiger partial charge >= 0.3 is 5.97 Å². The van der Waals surface area contributed by atoms with Crippen molar-refractivity contribution in [1.82, 2.24) is 0 Å². The Balaban J connectivity index is 1.55. The first-order chi connectivity index (χ1) is 15.6. The standard InChI is InChI=1S/C27H30O5/c1-2-3-4-5-6-9-18-31-22-16-17-23(26(29)19-22)20-12-14-21(15-13-20)32-27(30)24-10-7-8-11-25(24)28/h7-8,10-17,19,28-29H,2-6,9,18H2,1H3. The number of hydrogen-bond donors (Lipinski definition) is 2. The minimum Gasteiger partial charge on any atom is -0.507 e. The van der Waals surface area contributed by atoms with Crippen LogP contribution in [0.5, 0.6) is 23.0 Å². The fraction of sp³-hybridized carbons (Fsp3) is 0.296. The quantitative estimate of drug-likeness (QED) is 0.199. The van der Waals surface area contributed by atoms with Crippen molar-refractivity contribution in [3.8, 4) is 34.1 Å². The first kappa shape index (κ1) is 23.2. The van der Waals surface area contributed by atoms with Crippen LogP contribution in [0.1, 0.15) is 55.8 Å². The molecule has 3 rings (SSSR count). The van der Waals surface area contributed by atoms with Crippen molar-refractivity contribution in [1.29, 1.82) is 0 Å². The van der Waals surface area contributed by atoms with Crippen molar-refractivity contribution in [2.24, 2.45) is 0 Å². The molecule has 0 spiro atoms. The summed E-state index contributed by atoms with van der Waals surface area (Å²) in [7, 11) is 0. The fourth-order valence-corrected chi connectivity index (χ4v) is 3.43. The fourth-order valence-electron chi connectivity index (χ4n) is 3.43. The van der Waals surface area contributed by atoms with Crippen molar-refractivity contribution in [3.05, 3.63) is 72.3 Å². The molecule has 0 saturated heterocycles. The normalized spacial score (nSPS) is 10.7. The molecule has 168 valence electrons. The Kier molecular flexibility index (Phi) is 8.55. The van der Waals surface area contributed by atoms with Crippen LogP contribution in [-0.4, -0.2) is 22.8 Å². The van der Waals surface area contributed by atoms with E-state index in [0.29, 0.717) is 23.7 Å². The average molecular weight is 435 g/mol. The van der Waals surface area contributed by atoms with E-state index in [-0.39, 0.29) is 17.1 Å². The molecule has 0 amide bonds. The minimum absolute atomic E-state index is 0.103. The molecule has 32 heavy (non-hydrogen) atoms. The molecule has 3 aromatic carbocycles. The van der Waals surface area contributed by atoms with E-state index in [1.54, 1.807) is 42.5 Å². The van der Waals surface area contributed by atoms with Crippen LogP contribution in [0, 0.1) is 0 Å². The van der Waals surface area contributed by atoms with Gasteiger partial charge < -0.3 is 19.7 Å². The van der Waals surface area contributed by atoms with Crippen molar-refractivity contribution >= 4 is 5.97 Å². The molecule has 5 heteroatoms. The Bertz CT molecular complexity index is 1010. The number of ether oxygens (including phenoxy) is 2. The largest absolute Gasteiger partial charge is 0.507 e. The first-order valence-corrected chi connectivity index (χ1v) is 11.1. The zero-order chi connectivity index (χ0) is 22.8. The summed E-state index contributed by atoms with van der Waals surface area (Å²) in [5, 5.41) is 20.2. The van der Waals surface area contributed by atoms with E-state index in [9.17, 15) is 15.0 Å². The van der Waals surface area contributed by atoms with E-state index in [1.165, 1.54) is 37.8 Å². The van der Waals surface area contributed by atoms with Crippen LogP contribution < -0.4 is 9.47 Å². The number of hydrogen-bond acceptors (Lipinski definition) is 5. The van der Waals surface area contributed by atoms with Gasteiger partial charge in [-0.05, 0) is 48.4 Å². The Morgan fingerprint density at radius 1 is 0.781 bits per heavy atom. The van der Waals surface area contributed by atoms with Crippen LogP contribution in [0.25, 0.3) is 11.1 Å². The van der Waals surface area contributed by atoms with Crippen LogP contribution in [0.15, 0.2) is 66.7 Å². The molecule has 0 heterocycles. The third-order valence-electron chi connectivity index (χ3n) is 5.24. The SMILES string of the molecule is CCCCCCCCOc1ccc(-c2ccc(OC(=O)c3ccccc3O)cc2)c(O)c1. The van der Waals surface area contributed by atoms with Crippen LogP contribution in [0.4, 0.5) is 0 Å². The number of carbonyl (C=O) groups excluding carboxylic acids is 1. The molecule has 0 unspecified atom stereocenters. The summed E-state index contributed by atoms with van der Waals surface area (Å²) >= 11 is 0. The maximum atomic E-state index is 12.2.